The first-order chi connectivity index (χ1) is 11.6. The molecule has 0 atom stereocenters. The second-order valence-corrected chi connectivity index (χ2v) is 4.92. The zero-order chi connectivity index (χ0) is 17.4. The van der Waals surface area contributed by atoms with Gasteiger partial charge in [-0.1, -0.05) is 25.5 Å². The summed E-state index contributed by atoms with van der Waals surface area (Å²) in [5.41, 5.74) is 0.209. The Bertz CT molecular complexity index is 752. The molecule has 0 aliphatic heterocycles. The lowest BCUT2D eigenvalue weighted by Gasteiger charge is -2.11. The summed E-state index contributed by atoms with van der Waals surface area (Å²) in [6, 6.07) is 8.55. The summed E-state index contributed by atoms with van der Waals surface area (Å²) in [6.45, 7) is 2.33. The fourth-order valence-corrected chi connectivity index (χ4v) is 1.84. The predicted octanol–water partition coefficient (Wildman–Crippen LogP) is 2.37. The smallest absolute Gasteiger partial charge is 0.340 e. The second-order valence-electron chi connectivity index (χ2n) is 4.92. The number of carbonyl (C=O) groups excluding carboxylic acids is 2. The van der Waals surface area contributed by atoms with Gasteiger partial charge in [0, 0.05) is 6.07 Å². The third kappa shape index (κ3) is 4.94. The molecule has 1 heterocycles. The van der Waals surface area contributed by atoms with Crippen molar-refractivity contribution < 1.29 is 14.3 Å². The summed E-state index contributed by atoms with van der Waals surface area (Å²) in [7, 11) is 0. The molecule has 2 aromatic rings. The van der Waals surface area contributed by atoms with Crippen LogP contribution in [0.5, 0.6) is 0 Å². The zero-order valence-electron chi connectivity index (χ0n) is 13.2. The molecule has 0 bridgehead atoms. The number of nitrogens with one attached hydrogen (secondary N) is 3. The van der Waals surface area contributed by atoms with E-state index >= 15 is 0 Å². The molecule has 2 rings (SSSR count). The summed E-state index contributed by atoms with van der Waals surface area (Å²) in [4.78, 5) is 35.0. The Balaban J connectivity index is 2.03. The van der Waals surface area contributed by atoms with E-state index in [1.54, 1.807) is 24.3 Å². The molecule has 8 heteroatoms. The van der Waals surface area contributed by atoms with Gasteiger partial charge in [-0.2, -0.15) is 5.10 Å². The van der Waals surface area contributed by atoms with Crippen LogP contribution in [0, 0.1) is 0 Å². The van der Waals surface area contributed by atoms with Gasteiger partial charge in [-0.25, -0.2) is 14.7 Å². The number of benzene rings is 1. The molecule has 0 saturated heterocycles. The van der Waals surface area contributed by atoms with Crippen molar-refractivity contribution in [2.45, 2.75) is 19.8 Å². The first-order valence-corrected chi connectivity index (χ1v) is 7.50. The van der Waals surface area contributed by atoms with Crippen LogP contribution in [-0.4, -0.2) is 28.8 Å². The Morgan fingerprint density at radius 3 is 2.67 bits per heavy atom. The number of ether oxygens (including phenoxy) is 1. The van der Waals surface area contributed by atoms with Crippen LogP contribution in [0.4, 0.5) is 16.3 Å². The number of aromatic nitrogens is 2. The summed E-state index contributed by atoms with van der Waals surface area (Å²) in [6.07, 6.45) is 1.70. The van der Waals surface area contributed by atoms with E-state index in [2.05, 4.69) is 20.8 Å². The molecule has 0 aliphatic rings. The van der Waals surface area contributed by atoms with Gasteiger partial charge in [0.1, 0.15) is 0 Å². The van der Waals surface area contributed by atoms with Crippen molar-refractivity contribution >= 4 is 23.5 Å². The predicted molar refractivity (Wildman–Crippen MR) is 89.1 cm³/mol. The number of carbonyl (C=O) groups is 2. The third-order valence-corrected chi connectivity index (χ3v) is 3.05. The van der Waals surface area contributed by atoms with E-state index in [9.17, 15) is 14.4 Å². The molecule has 0 aliphatic carbocycles. The number of urea groups is 1. The van der Waals surface area contributed by atoms with Crippen LogP contribution in [0.2, 0.25) is 0 Å². The van der Waals surface area contributed by atoms with Crippen LogP contribution in [-0.2, 0) is 4.74 Å². The van der Waals surface area contributed by atoms with Crippen molar-refractivity contribution in [3.8, 4) is 0 Å². The molecule has 1 aromatic carbocycles. The fourth-order valence-electron chi connectivity index (χ4n) is 1.84. The molecular formula is C16H18N4O4. The SMILES string of the molecule is CCCCOC(=O)c1ccccc1NC(=O)Nc1ccc(=O)[nH]n1. The van der Waals surface area contributed by atoms with Gasteiger partial charge in [0.05, 0.1) is 17.9 Å². The first-order valence-electron chi connectivity index (χ1n) is 7.50. The highest BCUT2D eigenvalue weighted by molar-refractivity contribution is 6.04. The number of amides is 2. The van der Waals surface area contributed by atoms with E-state index in [0.29, 0.717) is 12.3 Å². The van der Waals surface area contributed by atoms with Gasteiger partial charge in [0.25, 0.3) is 5.56 Å². The maximum Gasteiger partial charge on any atom is 0.340 e. The Kier molecular flexibility index (Phi) is 6.07. The van der Waals surface area contributed by atoms with Crippen molar-refractivity contribution in [3.05, 3.63) is 52.3 Å². The lowest BCUT2D eigenvalue weighted by molar-refractivity contribution is 0.0501. The van der Waals surface area contributed by atoms with Gasteiger partial charge in [0.15, 0.2) is 5.82 Å². The first kappa shape index (κ1) is 17.2. The van der Waals surface area contributed by atoms with Gasteiger partial charge < -0.3 is 10.1 Å². The van der Waals surface area contributed by atoms with Gasteiger partial charge >= 0.3 is 12.0 Å². The van der Waals surface area contributed by atoms with Crippen LogP contribution in [0.15, 0.2) is 41.2 Å². The van der Waals surface area contributed by atoms with Crippen LogP contribution < -0.4 is 16.2 Å². The molecule has 2 amide bonds. The largest absolute Gasteiger partial charge is 0.462 e. The Hall–Kier alpha value is -3.16. The number of nitrogens with zero attached hydrogens (tertiary/aromatic N) is 1. The number of rotatable bonds is 6. The minimum atomic E-state index is -0.594. The minimum absolute atomic E-state index is 0.176. The zero-order valence-corrected chi connectivity index (χ0v) is 13.2. The maximum absolute atomic E-state index is 12.1. The highest BCUT2D eigenvalue weighted by Gasteiger charge is 2.14. The van der Waals surface area contributed by atoms with Crippen LogP contribution in [0.1, 0.15) is 30.1 Å². The van der Waals surface area contributed by atoms with E-state index in [0.717, 1.165) is 12.8 Å². The standard InChI is InChI=1S/C16H18N4O4/c1-2-3-10-24-15(22)11-6-4-5-7-12(11)17-16(23)18-13-8-9-14(21)20-19-13/h4-9H,2-3,10H2,1H3,(H,20,21)(H2,17,18,19,23). The topological polar surface area (TPSA) is 113 Å². The summed E-state index contributed by atoms with van der Waals surface area (Å²) in [5, 5.41) is 10.9. The average Bonchev–Trinajstić information content (AvgIpc) is 2.57. The molecule has 0 radical (unpaired) electrons. The van der Waals surface area contributed by atoms with Crippen molar-refractivity contribution in [2.24, 2.45) is 0 Å². The number of esters is 1. The molecule has 0 saturated carbocycles. The van der Waals surface area contributed by atoms with Crippen LogP contribution in [0.3, 0.4) is 0 Å². The average molecular weight is 330 g/mol. The molecular weight excluding hydrogens is 312 g/mol. The van der Waals surface area contributed by atoms with Gasteiger partial charge in [-0.3, -0.25) is 10.1 Å². The fraction of sp³-hybridized carbons (Fsp3) is 0.250. The number of anilines is 2. The van der Waals surface area contributed by atoms with Gasteiger partial charge in [0.2, 0.25) is 0 Å². The molecule has 0 fully saturated rings. The minimum Gasteiger partial charge on any atom is -0.462 e. The van der Waals surface area contributed by atoms with E-state index in [-0.39, 0.29) is 16.9 Å². The summed E-state index contributed by atoms with van der Waals surface area (Å²) in [5.74, 6) is -0.323. The number of aromatic amines is 1. The Morgan fingerprint density at radius 2 is 1.96 bits per heavy atom. The molecule has 1 aromatic heterocycles. The highest BCUT2D eigenvalue weighted by atomic mass is 16.5. The monoisotopic (exact) mass is 330 g/mol. The second kappa shape index (κ2) is 8.47. The van der Waals surface area contributed by atoms with Gasteiger partial charge in [-0.15, -0.1) is 0 Å². The van der Waals surface area contributed by atoms with Crippen molar-refractivity contribution in [3.63, 3.8) is 0 Å². The van der Waals surface area contributed by atoms with Crippen LogP contribution in [0.25, 0.3) is 0 Å². The normalized spacial score (nSPS) is 10.0. The van der Waals surface area contributed by atoms with E-state index in [4.69, 9.17) is 4.74 Å². The number of para-hydroxylation sites is 1. The van der Waals surface area contributed by atoms with Crippen molar-refractivity contribution in [1.82, 2.24) is 10.2 Å². The lowest BCUT2D eigenvalue weighted by Crippen LogP contribution is -2.23. The quantitative estimate of drug-likeness (QED) is 0.556. The number of hydrogen-bond donors (Lipinski definition) is 3. The molecule has 24 heavy (non-hydrogen) atoms. The van der Waals surface area contributed by atoms with E-state index in [1.807, 2.05) is 6.92 Å². The van der Waals surface area contributed by atoms with E-state index < -0.39 is 12.0 Å². The molecule has 3 N–H and O–H groups in total. The van der Waals surface area contributed by atoms with Gasteiger partial charge in [-0.05, 0) is 24.6 Å². The molecule has 0 spiro atoms. The number of unbranched alkanes of at least 4 members (excludes halogenated alkanes) is 1. The van der Waals surface area contributed by atoms with E-state index in [1.165, 1.54) is 12.1 Å². The van der Waals surface area contributed by atoms with Crippen molar-refractivity contribution in [1.29, 1.82) is 0 Å². The summed E-state index contributed by atoms with van der Waals surface area (Å²) >= 11 is 0. The lowest BCUT2D eigenvalue weighted by atomic mass is 10.2. The Labute approximate surface area is 138 Å². The number of H-pyrrole nitrogens is 1. The molecule has 126 valence electrons. The highest BCUT2D eigenvalue weighted by Crippen LogP contribution is 2.16. The number of hydrogen-bond acceptors (Lipinski definition) is 5. The van der Waals surface area contributed by atoms with Crippen molar-refractivity contribution in [2.75, 3.05) is 17.2 Å². The molecule has 0 unspecified atom stereocenters. The van der Waals surface area contributed by atoms with Crippen LogP contribution >= 0.6 is 0 Å². The summed E-state index contributed by atoms with van der Waals surface area (Å²) < 4.78 is 5.16. The third-order valence-electron chi connectivity index (χ3n) is 3.05. The maximum atomic E-state index is 12.1. The molecule has 8 nitrogen and oxygen atoms in total. The Morgan fingerprint density at radius 1 is 1.17 bits per heavy atom.